The molecule has 20 heavy (non-hydrogen) atoms. The Balaban J connectivity index is 2.01. The lowest BCUT2D eigenvalue weighted by molar-refractivity contribution is 0.252. The first-order valence-corrected chi connectivity index (χ1v) is 7.46. The average Bonchev–Trinajstić information content (AvgIpc) is 2.85. The summed E-state index contributed by atoms with van der Waals surface area (Å²) >= 11 is 1.71. The summed E-state index contributed by atoms with van der Waals surface area (Å²) < 4.78 is 0. The monoisotopic (exact) mass is 291 g/mol. The van der Waals surface area contributed by atoms with E-state index in [0.717, 1.165) is 28.8 Å². The molecule has 0 saturated heterocycles. The molecule has 2 rings (SSSR count). The zero-order valence-corrected chi connectivity index (χ0v) is 13.5. The lowest BCUT2D eigenvalue weighted by Gasteiger charge is -2.22. The Bertz CT molecular complexity index is 549. The molecular weight excluding hydrogens is 270 g/mol. The Morgan fingerprint density at radius 3 is 2.35 bits per heavy atom. The highest BCUT2D eigenvalue weighted by Gasteiger charge is 2.15. The molecule has 0 amide bonds. The minimum atomic E-state index is 0.294. The number of rotatable bonds is 5. The number of aryl methyl sites for hydroxylation is 1. The van der Waals surface area contributed by atoms with E-state index in [1.165, 1.54) is 0 Å². The Labute approximate surface area is 124 Å². The smallest absolute Gasteiger partial charge is 0.224 e. The number of nitrogens with zero attached hydrogens (tertiary/aromatic N) is 5. The zero-order valence-electron chi connectivity index (χ0n) is 12.7. The van der Waals surface area contributed by atoms with Crippen molar-refractivity contribution in [2.24, 2.45) is 0 Å². The van der Waals surface area contributed by atoms with Crippen LogP contribution in [-0.4, -0.2) is 41.0 Å². The van der Waals surface area contributed by atoms with Crippen molar-refractivity contribution >= 4 is 17.3 Å². The van der Waals surface area contributed by atoms with Crippen molar-refractivity contribution < 1.29 is 0 Å². The lowest BCUT2D eigenvalue weighted by Crippen LogP contribution is -2.22. The van der Waals surface area contributed by atoms with E-state index >= 15 is 0 Å². The maximum Gasteiger partial charge on any atom is 0.224 e. The van der Waals surface area contributed by atoms with Gasteiger partial charge >= 0.3 is 0 Å². The van der Waals surface area contributed by atoms with Gasteiger partial charge in [-0.05, 0) is 20.9 Å². The summed E-state index contributed by atoms with van der Waals surface area (Å²) in [7, 11) is 5.98. The van der Waals surface area contributed by atoms with Gasteiger partial charge in [0, 0.05) is 49.7 Å². The fourth-order valence-corrected chi connectivity index (χ4v) is 2.76. The van der Waals surface area contributed by atoms with Gasteiger partial charge in [0.15, 0.2) is 0 Å². The predicted octanol–water partition coefficient (Wildman–Crippen LogP) is 2.50. The molecule has 2 aromatic heterocycles. The first-order chi connectivity index (χ1) is 9.47. The lowest BCUT2D eigenvalue weighted by atomic mass is 10.2. The van der Waals surface area contributed by atoms with Crippen LogP contribution in [0, 0.1) is 6.92 Å². The maximum atomic E-state index is 4.55. The van der Waals surface area contributed by atoms with E-state index in [0.29, 0.717) is 6.04 Å². The molecule has 0 aliphatic carbocycles. The first kappa shape index (κ1) is 14.9. The van der Waals surface area contributed by atoms with Gasteiger partial charge in [0.25, 0.3) is 0 Å². The molecule has 2 heterocycles. The van der Waals surface area contributed by atoms with E-state index in [1.807, 2.05) is 38.3 Å². The third-order valence-corrected chi connectivity index (χ3v) is 4.31. The van der Waals surface area contributed by atoms with E-state index in [9.17, 15) is 0 Å². The normalized spacial score (nSPS) is 12.7. The largest absolute Gasteiger partial charge is 0.347 e. The van der Waals surface area contributed by atoms with Gasteiger partial charge in [-0.1, -0.05) is 0 Å². The molecule has 0 aromatic carbocycles. The molecule has 0 saturated carbocycles. The van der Waals surface area contributed by atoms with Crippen LogP contribution in [0.15, 0.2) is 17.8 Å². The summed E-state index contributed by atoms with van der Waals surface area (Å²) in [6, 6.07) is 0.294. The Hall–Kier alpha value is -1.53. The van der Waals surface area contributed by atoms with Crippen LogP contribution in [0.2, 0.25) is 0 Å². The van der Waals surface area contributed by atoms with Gasteiger partial charge in [0.1, 0.15) is 5.01 Å². The van der Waals surface area contributed by atoms with Crippen molar-refractivity contribution in [3.8, 4) is 0 Å². The molecular formula is C14H21N5S. The third-order valence-electron chi connectivity index (χ3n) is 3.18. The van der Waals surface area contributed by atoms with Crippen LogP contribution in [0.5, 0.6) is 0 Å². The van der Waals surface area contributed by atoms with E-state index < -0.39 is 0 Å². The summed E-state index contributed by atoms with van der Waals surface area (Å²) in [5, 5.41) is 3.24. The highest BCUT2D eigenvalue weighted by atomic mass is 32.1. The van der Waals surface area contributed by atoms with Crippen molar-refractivity contribution in [2.75, 3.05) is 26.0 Å². The van der Waals surface area contributed by atoms with Crippen LogP contribution in [0.3, 0.4) is 0 Å². The second-order valence-electron chi connectivity index (χ2n) is 5.20. The Kier molecular flexibility index (Phi) is 4.67. The summed E-state index contributed by atoms with van der Waals surface area (Å²) in [6.07, 6.45) is 3.78. The van der Waals surface area contributed by atoms with Crippen LogP contribution in [0.1, 0.15) is 29.2 Å². The number of anilines is 1. The molecule has 6 heteroatoms. The predicted molar refractivity (Wildman–Crippen MR) is 83.1 cm³/mol. The van der Waals surface area contributed by atoms with Crippen molar-refractivity contribution in [1.29, 1.82) is 0 Å². The van der Waals surface area contributed by atoms with Crippen molar-refractivity contribution in [3.05, 3.63) is 34.0 Å². The second-order valence-corrected chi connectivity index (χ2v) is 6.09. The number of thiazole rings is 1. The van der Waals surface area contributed by atoms with Gasteiger partial charge in [-0.25, -0.2) is 15.0 Å². The number of aromatic nitrogens is 3. The minimum Gasteiger partial charge on any atom is -0.347 e. The van der Waals surface area contributed by atoms with E-state index in [2.05, 4.69) is 39.2 Å². The highest BCUT2D eigenvalue weighted by molar-refractivity contribution is 7.09. The summed E-state index contributed by atoms with van der Waals surface area (Å²) in [5.41, 5.74) is 2.20. The molecule has 5 nitrogen and oxygen atoms in total. The quantitative estimate of drug-likeness (QED) is 0.847. The zero-order chi connectivity index (χ0) is 14.7. The highest BCUT2D eigenvalue weighted by Crippen LogP contribution is 2.23. The number of hydrogen-bond acceptors (Lipinski definition) is 6. The summed E-state index contributed by atoms with van der Waals surface area (Å²) in [4.78, 5) is 17.4. The molecule has 1 atom stereocenters. The molecule has 2 aromatic rings. The Morgan fingerprint density at radius 1 is 1.20 bits per heavy atom. The van der Waals surface area contributed by atoms with Gasteiger partial charge in [-0.3, -0.25) is 4.90 Å². The van der Waals surface area contributed by atoms with E-state index in [1.54, 1.807) is 11.3 Å². The minimum absolute atomic E-state index is 0.294. The molecule has 0 bridgehead atoms. The van der Waals surface area contributed by atoms with Gasteiger partial charge in [0.05, 0.1) is 6.04 Å². The SMILES string of the molecule is Cc1csc([C@@H](C)N(C)Cc2cnc(N(C)C)nc2)n1. The molecule has 0 aliphatic heterocycles. The Morgan fingerprint density at radius 2 is 1.85 bits per heavy atom. The van der Waals surface area contributed by atoms with Gasteiger partial charge in [-0.2, -0.15) is 0 Å². The van der Waals surface area contributed by atoms with Crippen molar-refractivity contribution in [1.82, 2.24) is 19.9 Å². The molecule has 0 radical (unpaired) electrons. The molecule has 108 valence electrons. The van der Waals surface area contributed by atoms with E-state index in [4.69, 9.17) is 0 Å². The van der Waals surface area contributed by atoms with E-state index in [-0.39, 0.29) is 0 Å². The third kappa shape index (κ3) is 3.52. The van der Waals surface area contributed by atoms with Crippen LogP contribution in [0.4, 0.5) is 5.95 Å². The van der Waals surface area contributed by atoms with Crippen LogP contribution < -0.4 is 4.90 Å². The van der Waals surface area contributed by atoms with Gasteiger partial charge in [-0.15, -0.1) is 11.3 Å². The fraction of sp³-hybridized carbons (Fsp3) is 0.500. The number of hydrogen-bond donors (Lipinski definition) is 0. The summed E-state index contributed by atoms with van der Waals surface area (Å²) in [5.74, 6) is 0.736. The molecule has 0 unspecified atom stereocenters. The van der Waals surface area contributed by atoms with Crippen LogP contribution in [0.25, 0.3) is 0 Å². The average molecular weight is 291 g/mol. The van der Waals surface area contributed by atoms with Crippen LogP contribution >= 0.6 is 11.3 Å². The van der Waals surface area contributed by atoms with Crippen molar-refractivity contribution in [2.45, 2.75) is 26.4 Å². The van der Waals surface area contributed by atoms with Gasteiger partial charge < -0.3 is 4.90 Å². The second kappa shape index (κ2) is 6.28. The standard InChI is InChI=1S/C14H21N5S/c1-10-9-20-13(17-10)11(2)19(5)8-12-6-15-14(16-7-12)18(3)4/h6-7,9,11H,8H2,1-5H3/t11-/m1/s1. The summed E-state index contributed by atoms with van der Waals surface area (Å²) in [6.45, 7) is 5.02. The maximum absolute atomic E-state index is 4.55. The molecule has 0 N–H and O–H groups in total. The molecule has 0 spiro atoms. The van der Waals surface area contributed by atoms with Crippen LogP contribution in [-0.2, 0) is 6.54 Å². The van der Waals surface area contributed by atoms with Crippen molar-refractivity contribution in [3.63, 3.8) is 0 Å². The molecule has 0 aliphatic rings. The molecule has 0 fully saturated rings. The fourth-order valence-electron chi connectivity index (χ4n) is 1.84. The van der Waals surface area contributed by atoms with Gasteiger partial charge in [0.2, 0.25) is 5.95 Å². The topological polar surface area (TPSA) is 45.2 Å². The first-order valence-electron chi connectivity index (χ1n) is 6.58.